The number of ether oxygens (including phenoxy) is 1. The van der Waals surface area contributed by atoms with Gasteiger partial charge in [-0.05, 0) is 50.7 Å². The summed E-state index contributed by atoms with van der Waals surface area (Å²) in [6, 6.07) is 2.25. The average molecular weight is 293 g/mol. The first-order valence-corrected chi connectivity index (χ1v) is 8.09. The molecular weight excluding hydrogens is 274 g/mol. The van der Waals surface area contributed by atoms with Gasteiger partial charge in [0, 0.05) is 10.9 Å². The van der Waals surface area contributed by atoms with Crippen molar-refractivity contribution in [3.63, 3.8) is 0 Å². The van der Waals surface area contributed by atoms with Crippen LogP contribution in [0.2, 0.25) is 0 Å². The van der Waals surface area contributed by atoms with Gasteiger partial charge in [0.25, 0.3) is 5.91 Å². The molecule has 0 aliphatic heterocycles. The Morgan fingerprint density at radius 2 is 2.20 bits per heavy atom. The van der Waals surface area contributed by atoms with Crippen molar-refractivity contribution in [2.75, 3.05) is 13.2 Å². The van der Waals surface area contributed by atoms with Crippen LogP contribution in [0.25, 0.3) is 0 Å². The minimum Gasteiger partial charge on any atom is -0.465 e. The maximum absolute atomic E-state index is 12.6. The SMILES string of the molecule is CCOC(=O)CN(C(=O)c1cc2c(s1)CCC2)C1CC1. The fourth-order valence-corrected chi connectivity index (χ4v) is 3.88. The van der Waals surface area contributed by atoms with Crippen LogP contribution in [-0.4, -0.2) is 36.0 Å². The molecule has 0 saturated heterocycles. The van der Waals surface area contributed by atoms with E-state index in [0.29, 0.717) is 6.61 Å². The standard InChI is InChI=1S/C15H19NO3S/c1-2-19-14(17)9-16(11-6-7-11)15(18)13-8-10-4-3-5-12(10)20-13/h8,11H,2-7,9H2,1H3. The van der Waals surface area contributed by atoms with Crippen LogP contribution in [0.1, 0.15) is 46.3 Å². The van der Waals surface area contributed by atoms with Crippen molar-refractivity contribution >= 4 is 23.2 Å². The van der Waals surface area contributed by atoms with Gasteiger partial charge in [-0.1, -0.05) is 0 Å². The summed E-state index contributed by atoms with van der Waals surface area (Å²) in [4.78, 5) is 28.1. The number of hydrogen-bond donors (Lipinski definition) is 0. The fraction of sp³-hybridized carbons (Fsp3) is 0.600. The Morgan fingerprint density at radius 3 is 2.85 bits per heavy atom. The second kappa shape index (κ2) is 5.56. The summed E-state index contributed by atoms with van der Waals surface area (Å²) < 4.78 is 4.97. The highest BCUT2D eigenvalue weighted by atomic mass is 32.1. The Labute approximate surface area is 122 Å². The number of esters is 1. The van der Waals surface area contributed by atoms with E-state index in [1.807, 2.05) is 6.07 Å². The van der Waals surface area contributed by atoms with Crippen LogP contribution in [-0.2, 0) is 22.4 Å². The molecule has 1 amide bonds. The molecule has 0 N–H and O–H groups in total. The molecule has 0 spiro atoms. The second-order valence-corrected chi connectivity index (χ2v) is 6.52. The van der Waals surface area contributed by atoms with Crippen LogP contribution < -0.4 is 0 Å². The number of rotatable bonds is 5. The predicted octanol–water partition coefficient (Wildman–Crippen LogP) is 2.40. The quantitative estimate of drug-likeness (QED) is 0.783. The summed E-state index contributed by atoms with van der Waals surface area (Å²) in [6.07, 6.45) is 5.37. The highest BCUT2D eigenvalue weighted by Gasteiger charge is 2.35. The maximum Gasteiger partial charge on any atom is 0.325 e. The average Bonchev–Trinajstić information content (AvgIpc) is 3.02. The van der Waals surface area contributed by atoms with Gasteiger partial charge in [0.05, 0.1) is 11.5 Å². The van der Waals surface area contributed by atoms with Gasteiger partial charge >= 0.3 is 5.97 Å². The molecular formula is C15H19NO3S. The first-order chi connectivity index (χ1) is 9.69. The van der Waals surface area contributed by atoms with E-state index in [1.165, 1.54) is 16.9 Å². The third kappa shape index (κ3) is 2.73. The van der Waals surface area contributed by atoms with E-state index in [2.05, 4.69) is 0 Å². The molecule has 1 fully saturated rings. The van der Waals surface area contributed by atoms with Crippen LogP contribution in [0.15, 0.2) is 6.07 Å². The van der Waals surface area contributed by atoms with E-state index in [1.54, 1.807) is 23.2 Å². The lowest BCUT2D eigenvalue weighted by Gasteiger charge is -2.20. The van der Waals surface area contributed by atoms with E-state index in [0.717, 1.165) is 30.6 Å². The van der Waals surface area contributed by atoms with Crippen LogP contribution in [0.5, 0.6) is 0 Å². The fourth-order valence-electron chi connectivity index (χ4n) is 2.67. The Hall–Kier alpha value is -1.36. The molecule has 0 radical (unpaired) electrons. The van der Waals surface area contributed by atoms with Gasteiger partial charge < -0.3 is 9.64 Å². The van der Waals surface area contributed by atoms with Gasteiger partial charge in [-0.3, -0.25) is 9.59 Å². The van der Waals surface area contributed by atoms with Crippen molar-refractivity contribution in [2.45, 2.75) is 45.1 Å². The number of nitrogens with zero attached hydrogens (tertiary/aromatic N) is 1. The minimum absolute atomic E-state index is 0.0000435. The minimum atomic E-state index is -0.308. The second-order valence-electron chi connectivity index (χ2n) is 5.38. The summed E-state index contributed by atoms with van der Waals surface area (Å²) in [5, 5.41) is 0. The van der Waals surface area contributed by atoms with Gasteiger partial charge in [0.2, 0.25) is 0 Å². The lowest BCUT2D eigenvalue weighted by molar-refractivity contribution is -0.143. The summed E-state index contributed by atoms with van der Waals surface area (Å²) >= 11 is 1.60. The van der Waals surface area contributed by atoms with Crippen LogP contribution in [0.4, 0.5) is 0 Å². The molecule has 3 rings (SSSR count). The zero-order valence-electron chi connectivity index (χ0n) is 11.7. The van der Waals surface area contributed by atoms with Crippen molar-refractivity contribution in [2.24, 2.45) is 0 Å². The van der Waals surface area contributed by atoms with Crippen molar-refractivity contribution in [1.82, 2.24) is 4.90 Å². The first kappa shape index (κ1) is 13.6. The van der Waals surface area contributed by atoms with Gasteiger partial charge in [-0.2, -0.15) is 0 Å². The third-order valence-corrected chi connectivity index (χ3v) is 5.04. The molecule has 0 bridgehead atoms. The number of hydrogen-bond acceptors (Lipinski definition) is 4. The van der Waals surface area contributed by atoms with E-state index >= 15 is 0 Å². The zero-order chi connectivity index (χ0) is 14.1. The molecule has 1 aromatic rings. The van der Waals surface area contributed by atoms with Gasteiger partial charge in [0.1, 0.15) is 6.54 Å². The van der Waals surface area contributed by atoms with E-state index in [-0.39, 0.29) is 24.5 Å². The zero-order valence-corrected chi connectivity index (χ0v) is 12.5. The van der Waals surface area contributed by atoms with Crippen molar-refractivity contribution < 1.29 is 14.3 Å². The molecule has 2 aliphatic rings. The third-order valence-electron chi connectivity index (χ3n) is 3.81. The van der Waals surface area contributed by atoms with Crippen LogP contribution in [0.3, 0.4) is 0 Å². The van der Waals surface area contributed by atoms with Gasteiger partial charge in [-0.25, -0.2) is 0 Å². The number of fused-ring (bicyclic) bond motifs is 1. The molecule has 1 heterocycles. The molecule has 20 heavy (non-hydrogen) atoms. The van der Waals surface area contributed by atoms with Crippen LogP contribution in [0, 0.1) is 0 Å². The number of amides is 1. The molecule has 108 valence electrons. The van der Waals surface area contributed by atoms with E-state index in [9.17, 15) is 9.59 Å². The number of thiophene rings is 1. The Morgan fingerprint density at radius 1 is 1.40 bits per heavy atom. The first-order valence-electron chi connectivity index (χ1n) is 7.27. The Kier molecular flexibility index (Phi) is 3.78. The monoisotopic (exact) mass is 293 g/mol. The van der Waals surface area contributed by atoms with Gasteiger partial charge in [0.15, 0.2) is 0 Å². The van der Waals surface area contributed by atoms with Crippen molar-refractivity contribution in [3.8, 4) is 0 Å². The summed E-state index contributed by atoms with van der Waals surface area (Å²) in [6.45, 7) is 2.23. The molecule has 0 atom stereocenters. The maximum atomic E-state index is 12.6. The number of aryl methyl sites for hydroxylation is 2. The van der Waals surface area contributed by atoms with Crippen molar-refractivity contribution in [1.29, 1.82) is 0 Å². The molecule has 4 nitrogen and oxygen atoms in total. The topological polar surface area (TPSA) is 46.6 Å². The van der Waals surface area contributed by atoms with Gasteiger partial charge in [-0.15, -0.1) is 11.3 Å². The van der Waals surface area contributed by atoms with Crippen LogP contribution >= 0.6 is 11.3 Å². The summed E-state index contributed by atoms with van der Waals surface area (Å²) in [7, 11) is 0. The molecule has 0 unspecified atom stereocenters. The molecule has 1 aromatic heterocycles. The smallest absolute Gasteiger partial charge is 0.325 e. The molecule has 0 aromatic carbocycles. The highest BCUT2D eigenvalue weighted by Crippen LogP contribution is 2.34. The Balaban J connectivity index is 1.73. The lowest BCUT2D eigenvalue weighted by Crippen LogP contribution is -2.37. The van der Waals surface area contributed by atoms with E-state index < -0.39 is 0 Å². The van der Waals surface area contributed by atoms with Crippen molar-refractivity contribution in [3.05, 3.63) is 21.4 Å². The summed E-state index contributed by atoms with van der Waals surface area (Å²) in [5.74, 6) is -0.309. The lowest BCUT2D eigenvalue weighted by atomic mass is 10.2. The van der Waals surface area contributed by atoms with E-state index in [4.69, 9.17) is 4.74 Å². The predicted molar refractivity (Wildman–Crippen MR) is 77.0 cm³/mol. The molecule has 1 saturated carbocycles. The molecule has 5 heteroatoms. The number of carbonyl (C=O) groups is 2. The molecule has 2 aliphatic carbocycles. The number of carbonyl (C=O) groups excluding carboxylic acids is 2. The largest absolute Gasteiger partial charge is 0.465 e. The summed E-state index contributed by atoms with van der Waals surface area (Å²) in [5.41, 5.74) is 1.32. The normalized spacial score (nSPS) is 16.9. The highest BCUT2D eigenvalue weighted by molar-refractivity contribution is 7.14. The Bertz CT molecular complexity index is 512.